The van der Waals surface area contributed by atoms with Gasteiger partial charge in [0, 0.05) is 29.8 Å². The van der Waals surface area contributed by atoms with Gasteiger partial charge in [0.2, 0.25) is 0 Å². The van der Waals surface area contributed by atoms with E-state index in [1.54, 1.807) is 28.8 Å². The van der Waals surface area contributed by atoms with E-state index in [0.717, 1.165) is 41.5 Å². The van der Waals surface area contributed by atoms with Crippen LogP contribution >= 0.6 is 56.5 Å². The van der Waals surface area contributed by atoms with E-state index in [9.17, 15) is 25.0 Å². The Morgan fingerprint density at radius 1 is 0.915 bits per heavy atom. The van der Waals surface area contributed by atoms with Gasteiger partial charge in [0.25, 0.3) is 16.9 Å². The molecule has 0 N–H and O–H groups in total. The zero-order valence-corrected chi connectivity index (χ0v) is 29.4. The van der Waals surface area contributed by atoms with Crippen molar-refractivity contribution in [2.45, 2.75) is 25.5 Å². The summed E-state index contributed by atoms with van der Waals surface area (Å²) >= 11 is 5.70. The van der Waals surface area contributed by atoms with Gasteiger partial charge >= 0.3 is 0 Å². The Morgan fingerprint density at radius 2 is 1.64 bits per heavy atom. The molecule has 1 atom stereocenters. The minimum atomic E-state index is -0.521. The minimum absolute atomic E-state index is 0.0222. The lowest BCUT2D eigenvalue weighted by Crippen LogP contribution is -2.38. The number of fused-ring (bicyclic) bond motifs is 3. The van der Waals surface area contributed by atoms with Crippen LogP contribution < -0.4 is 19.6 Å². The first-order valence-electron chi connectivity index (χ1n) is 14.4. The number of thiazole rings is 1. The molecular formula is C34H22I2N4O6S. The molecule has 2 aliphatic rings. The van der Waals surface area contributed by atoms with Crippen LogP contribution in [0, 0.1) is 27.4 Å². The van der Waals surface area contributed by atoms with E-state index in [-0.39, 0.29) is 23.5 Å². The summed E-state index contributed by atoms with van der Waals surface area (Å²) in [6.07, 6.45) is 3.32. The molecule has 4 aromatic carbocycles. The van der Waals surface area contributed by atoms with Crippen molar-refractivity contribution >= 4 is 79.7 Å². The fourth-order valence-electron chi connectivity index (χ4n) is 5.95. The first-order valence-corrected chi connectivity index (χ1v) is 17.4. The third kappa shape index (κ3) is 6.02. The highest BCUT2D eigenvalue weighted by Crippen LogP contribution is 2.41. The maximum absolute atomic E-state index is 14.2. The van der Waals surface area contributed by atoms with Crippen LogP contribution in [0.2, 0.25) is 0 Å². The second kappa shape index (κ2) is 12.8. The molecule has 13 heteroatoms. The van der Waals surface area contributed by atoms with Gasteiger partial charge in [-0.2, -0.15) is 0 Å². The topological polar surface area (TPSA) is 130 Å². The van der Waals surface area contributed by atoms with Gasteiger partial charge in [-0.1, -0.05) is 47.7 Å². The summed E-state index contributed by atoms with van der Waals surface area (Å²) in [6.45, 7) is 0.243. The predicted octanol–water partition coefficient (Wildman–Crippen LogP) is 6.92. The van der Waals surface area contributed by atoms with Crippen LogP contribution in [-0.4, -0.2) is 14.4 Å². The van der Waals surface area contributed by atoms with Crippen LogP contribution in [0.5, 0.6) is 5.75 Å². The highest BCUT2D eigenvalue weighted by Gasteiger charge is 2.33. The SMILES string of the molecule is O=c1/c(=C/c2cc(I)c(OCc3ccc([N+](=O)[O-])cc3)c(I)c2)sc2n1[C@@H](c1cccc([N+](=O)[O-])c1)C1=C(N=2)c2ccccc2CC1. The Balaban J connectivity index is 1.29. The van der Waals surface area contributed by atoms with E-state index >= 15 is 0 Å². The van der Waals surface area contributed by atoms with Gasteiger partial charge in [0.1, 0.15) is 12.4 Å². The van der Waals surface area contributed by atoms with Crippen LogP contribution in [0.25, 0.3) is 11.8 Å². The molecule has 47 heavy (non-hydrogen) atoms. The molecule has 0 unspecified atom stereocenters. The van der Waals surface area contributed by atoms with Gasteiger partial charge in [-0.3, -0.25) is 29.6 Å². The Morgan fingerprint density at radius 3 is 2.36 bits per heavy atom. The molecule has 1 aliphatic heterocycles. The molecule has 0 saturated heterocycles. The second-order valence-electron chi connectivity index (χ2n) is 11.0. The third-order valence-electron chi connectivity index (χ3n) is 8.12. The monoisotopic (exact) mass is 868 g/mol. The second-order valence-corrected chi connectivity index (χ2v) is 14.3. The van der Waals surface area contributed by atoms with E-state index in [1.165, 1.54) is 35.1 Å². The smallest absolute Gasteiger partial charge is 0.271 e. The normalized spacial score (nSPS) is 15.4. The molecule has 0 bridgehead atoms. The largest absolute Gasteiger partial charge is 0.487 e. The molecule has 10 nitrogen and oxygen atoms in total. The number of rotatable bonds is 7. The lowest BCUT2D eigenvalue weighted by Gasteiger charge is -2.30. The fourth-order valence-corrected chi connectivity index (χ4v) is 9.08. The maximum atomic E-state index is 14.2. The molecule has 0 radical (unpaired) electrons. The molecule has 5 aromatic rings. The lowest BCUT2D eigenvalue weighted by atomic mass is 9.83. The summed E-state index contributed by atoms with van der Waals surface area (Å²) in [4.78, 5) is 41.5. The number of nitro groups is 2. The Kier molecular flexibility index (Phi) is 8.52. The Bertz CT molecular complexity index is 2310. The number of nitro benzene ring substituents is 2. The Hall–Kier alpha value is -4.22. The number of hydrogen-bond acceptors (Lipinski definition) is 8. The van der Waals surface area contributed by atoms with Gasteiger partial charge in [0.05, 0.1) is 33.3 Å². The van der Waals surface area contributed by atoms with Crippen molar-refractivity contribution < 1.29 is 14.6 Å². The van der Waals surface area contributed by atoms with Crippen molar-refractivity contribution in [3.63, 3.8) is 0 Å². The zero-order valence-electron chi connectivity index (χ0n) is 24.3. The molecule has 0 fully saturated rings. The van der Waals surface area contributed by atoms with Gasteiger partial charge in [-0.05, 0) is 116 Å². The highest BCUT2D eigenvalue weighted by atomic mass is 127. The van der Waals surface area contributed by atoms with E-state index in [1.807, 2.05) is 42.5 Å². The quantitative estimate of drug-likeness (QED) is 0.0993. The minimum Gasteiger partial charge on any atom is -0.487 e. The number of aryl methyl sites for hydroxylation is 1. The van der Waals surface area contributed by atoms with Crippen LogP contribution in [0.15, 0.2) is 100 Å². The Labute approximate surface area is 298 Å². The average Bonchev–Trinajstić information content (AvgIpc) is 3.37. The molecule has 1 aromatic heterocycles. The number of allylic oxidation sites excluding steroid dienone is 1. The molecule has 1 aliphatic carbocycles. The highest BCUT2D eigenvalue weighted by molar-refractivity contribution is 14.1. The van der Waals surface area contributed by atoms with Gasteiger partial charge < -0.3 is 4.74 Å². The van der Waals surface area contributed by atoms with E-state index in [2.05, 4.69) is 51.2 Å². The van der Waals surface area contributed by atoms with Gasteiger partial charge in [0.15, 0.2) is 4.80 Å². The summed E-state index contributed by atoms with van der Waals surface area (Å²) in [5.41, 5.74) is 6.09. The predicted molar refractivity (Wildman–Crippen MR) is 195 cm³/mol. The number of hydrogen-bond donors (Lipinski definition) is 0. The number of nitrogens with zero attached hydrogens (tertiary/aromatic N) is 4. The van der Waals surface area contributed by atoms with Crippen molar-refractivity contribution in [3.8, 4) is 5.75 Å². The van der Waals surface area contributed by atoms with Crippen LogP contribution in [-0.2, 0) is 13.0 Å². The van der Waals surface area contributed by atoms with Crippen LogP contribution in [0.3, 0.4) is 0 Å². The van der Waals surface area contributed by atoms with E-state index < -0.39 is 15.9 Å². The van der Waals surface area contributed by atoms with Crippen LogP contribution in [0.4, 0.5) is 11.4 Å². The number of ether oxygens (including phenoxy) is 1. The van der Waals surface area contributed by atoms with Crippen molar-refractivity contribution in [2.24, 2.45) is 4.99 Å². The van der Waals surface area contributed by atoms with Crippen molar-refractivity contribution in [3.05, 3.63) is 165 Å². The zero-order chi connectivity index (χ0) is 32.8. The number of non-ortho nitro benzene ring substituents is 2. The van der Waals surface area contributed by atoms with Gasteiger partial charge in [-0.15, -0.1) is 0 Å². The number of aromatic nitrogens is 1. The third-order valence-corrected chi connectivity index (χ3v) is 10.7. The first-order chi connectivity index (χ1) is 22.7. The summed E-state index contributed by atoms with van der Waals surface area (Å²) in [7, 11) is 0. The molecule has 0 amide bonds. The van der Waals surface area contributed by atoms with E-state index in [0.29, 0.717) is 27.1 Å². The van der Waals surface area contributed by atoms with Crippen LogP contribution in [0.1, 0.15) is 40.3 Å². The molecule has 7 rings (SSSR count). The number of benzene rings is 4. The van der Waals surface area contributed by atoms with Crippen molar-refractivity contribution in [1.82, 2.24) is 4.57 Å². The fraction of sp³-hybridized carbons (Fsp3) is 0.118. The maximum Gasteiger partial charge on any atom is 0.271 e. The number of halogens is 2. The molecular weight excluding hydrogens is 846 g/mol. The summed E-state index contributed by atoms with van der Waals surface area (Å²) < 4.78 is 9.96. The summed E-state index contributed by atoms with van der Waals surface area (Å²) in [5, 5.41) is 22.7. The first kappa shape index (κ1) is 31.4. The average molecular weight is 868 g/mol. The molecule has 0 spiro atoms. The lowest BCUT2D eigenvalue weighted by molar-refractivity contribution is -0.385. The van der Waals surface area contributed by atoms with Gasteiger partial charge in [-0.25, -0.2) is 4.99 Å². The summed E-state index contributed by atoms with van der Waals surface area (Å²) in [5.74, 6) is 0.681. The molecule has 2 heterocycles. The van der Waals surface area contributed by atoms with Crippen molar-refractivity contribution in [1.29, 1.82) is 0 Å². The molecule has 234 valence electrons. The van der Waals surface area contributed by atoms with Crippen molar-refractivity contribution in [2.75, 3.05) is 0 Å². The van der Waals surface area contributed by atoms with E-state index in [4.69, 9.17) is 9.73 Å². The molecule has 0 saturated carbocycles. The standard InChI is InChI=1S/C34H22I2N4O6S/c35-27-14-20(15-28(36)32(27)46-18-19-8-11-23(12-9-19)39(42)43)16-29-33(41)38-31(22-5-3-6-24(17-22)40(44)45)26-13-10-21-4-1-2-7-25(21)30(26)37-34(38)47-29/h1-9,11-12,14-17,31H,10,13,18H2/b29-16-/t31-/m0/s1. The summed E-state index contributed by atoms with van der Waals surface area (Å²) in [6, 6.07) is 24.2.